The van der Waals surface area contributed by atoms with Gasteiger partial charge in [0.25, 0.3) is 5.91 Å². The highest BCUT2D eigenvalue weighted by Gasteiger charge is 2.14. The summed E-state index contributed by atoms with van der Waals surface area (Å²) in [5.74, 6) is 0.0456. The van der Waals surface area contributed by atoms with Crippen molar-refractivity contribution in [2.45, 2.75) is 33.1 Å². The predicted octanol–water partition coefficient (Wildman–Crippen LogP) is 4.25. The predicted molar refractivity (Wildman–Crippen MR) is 85.9 cm³/mol. The third kappa shape index (κ3) is 3.63. The Bertz CT molecular complexity index is 652. The number of hydrogen-bond acceptors (Lipinski definition) is 2. The molecule has 2 aromatic rings. The zero-order valence-corrected chi connectivity index (χ0v) is 12.9. The fourth-order valence-corrected chi connectivity index (χ4v) is 2.10. The Kier molecular flexibility index (Phi) is 4.03. The van der Waals surface area contributed by atoms with Crippen LogP contribution in [-0.2, 0) is 5.41 Å². The van der Waals surface area contributed by atoms with Crippen LogP contribution >= 0.6 is 0 Å². The number of nitrogens with one attached hydrogen (secondary N) is 1. The molecule has 110 valence electrons. The van der Waals surface area contributed by atoms with Crippen molar-refractivity contribution in [1.29, 1.82) is 0 Å². The molecule has 0 spiro atoms. The fraction of sp³-hybridized carbons (Fsp3) is 0.278. The first kappa shape index (κ1) is 15.1. The number of phenols is 1. The SMILES string of the molecule is Cc1cc(O)ccc1NC(=O)c1ccc(C(C)(C)C)cc1. The van der Waals surface area contributed by atoms with Crippen molar-refractivity contribution < 1.29 is 9.90 Å². The molecule has 0 radical (unpaired) electrons. The lowest BCUT2D eigenvalue weighted by molar-refractivity contribution is 0.102. The van der Waals surface area contributed by atoms with Crippen LogP contribution in [0.4, 0.5) is 5.69 Å². The summed E-state index contributed by atoms with van der Waals surface area (Å²) in [6.07, 6.45) is 0. The minimum absolute atomic E-state index is 0.0720. The van der Waals surface area contributed by atoms with Gasteiger partial charge < -0.3 is 10.4 Å². The standard InChI is InChI=1S/C18H21NO2/c1-12-11-15(20)9-10-16(12)19-17(21)13-5-7-14(8-6-13)18(2,3)4/h5-11,20H,1-4H3,(H,19,21). The van der Waals surface area contributed by atoms with E-state index in [1.807, 2.05) is 31.2 Å². The molecule has 21 heavy (non-hydrogen) atoms. The van der Waals surface area contributed by atoms with Gasteiger partial charge in [-0.25, -0.2) is 0 Å². The van der Waals surface area contributed by atoms with E-state index < -0.39 is 0 Å². The molecule has 1 amide bonds. The Labute approximate surface area is 125 Å². The first-order valence-electron chi connectivity index (χ1n) is 6.99. The number of hydrogen-bond donors (Lipinski definition) is 2. The van der Waals surface area contributed by atoms with Gasteiger partial charge in [0.15, 0.2) is 0 Å². The number of carbonyl (C=O) groups is 1. The maximum absolute atomic E-state index is 12.2. The molecule has 0 aromatic heterocycles. The number of carbonyl (C=O) groups excluding carboxylic acids is 1. The quantitative estimate of drug-likeness (QED) is 0.809. The van der Waals surface area contributed by atoms with Crippen molar-refractivity contribution in [1.82, 2.24) is 0 Å². The zero-order chi connectivity index (χ0) is 15.6. The maximum Gasteiger partial charge on any atom is 0.255 e. The lowest BCUT2D eigenvalue weighted by Crippen LogP contribution is -2.14. The topological polar surface area (TPSA) is 49.3 Å². The van der Waals surface area contributed by atoms with E-state index in [0.29, 0.717) is 11.3 Å². The summed E-state index contributed by atoms with van der Waals surface area (Å²) in [5, 5.41) is 12.2. The van der Waals surface area contributed by atoms with Gasteiger partial charge >= 0.3 is 0 Å². The highest BCUT2D eigenvalue weighted by Crippen LogP contribution is 2.23. The molecule has 3 nitrogen and oxygen atoms in total. The Morgan fingerprint density at radius 3 is 2.19 bits per heavy atom. The Hall–Kier alpha value is -2.29. The minimum atomic E-state index is -0.149. The molecule has 0 saturated heterocycles. The van der Waals surface area contributed by atoms with Gasteiger partial charge in [0.1, 0.15) is 5.75 Å². The molecule has 0 aliphatic carbocycles. The van der Waals surface area contributed by atoms with Gasteiger partial charge in [-0.1, -0.05) is 32.9 Å². The van der Waals surface area contributed by atoms with E-state index in [2.05, 4.69) is 26.1 Å². The van der Waals surface area contributed by atoms with Crippen LogP contribution < -0.4 is 5.32 Å². The average molecular weight is 283 g/mol. The van der Waals surface area contributed by atoms with E-state index in [1.54, 1.807) is 18.2 Å². The molecule has 0 unspecified atom stereocenters. The number of aromatic hydroxyl groups is 1. The lowest BCUT2D eigenvalue weighted by atomic mass is 9.87. The summed E-state index contributed by atoms with van der Waals surface area (Å²) in [5.41, 5.74) is 3.42. The second-order valence-corrected chi connectivity index (χ2v) is 6.28. The summed E-state index contributed by atoms with van der Waals surface area (Å²) in [6.45, 7) is 8.27. The van der Waals surface area contributed by atoms with E-state index in [9.17, 15) is 9.90 Å². The number of amides is 1. The molecule has 0 bridgehead atoms. The van der Waals surface area contributed by atoms with Gasteiger partial charge in [0.2, 0.25) is 0 Å². The largest absolute Gasteiger partial charge is 0.508 e. The van der Waals surface area contributed by atoms with Crippen molar-refractivity contribution in [3.8, 4) is 5.75 Å². The van der Waals surface area contributed by atoms with E-state index in [0.717, 1.165) is 5.56 Å². The van der Waals surface area contributed by atoms with Crippen molar-refractivity contribution in [2.24, 2.45) is 0 Å². The van der Waals surface area contributed by atoms with Crippen LogP contribution in [0.3, 0.4) is 0 Å². The van der Waals surface area contributed by atoms with Crippen LogP contribution in [0.5, 0.6) is 5.75 Å². The van der Waals surface area contributed by atoms with Crippen molar-refractivity contribution in [3.05, 3.63) is 59.2 Å². The van der Waals surface area contributed by atoms with E-state index in [4.69, 9.17) is 0 Å². The highest BCUT2D eigenvalue weighted by atomic mass is 16.3. The van der Waals surface area contributed by atoms with Gasteiger partial charge in [0, 0.05) is 11.3 Å². The van der Waals surface area contributed by atoms with Crippen molar-refractivity contribution in [2.75, 3.05) is 5.32 Å². The average Bonchev–Trinajstić information content (AvgIpc) is 2.41. The maximum atomic E-state index is 12.2. The van der Waals surface area contributed by atoms with E-state index >= 15 is 0 Å². The van der Waals surface area contributed by atoms with Crippen LogP contribution in [0.15, 0.2) is 42.5 Å². The van der Waals surface area contributed by atoms with E-state index in [1.165, 1.54) is 5.56 Å². The zero-order valence-electron chi connectivity index (χ0n) is 12.9. The second kappa shape index (κ2) is 5.60. The Morgan fingerprint density at radius 1 is 1.05 bits per heavy atom. The van der Waals surface area contributed by atoms with Crippen LogP contribution in [0.2, 0.25) is 0 Å². The molecular formula is C18H21NO2. The first-order chi connectivity index (χ1) is 9.77. The first-order valence-corrected chi connectivity index (χ1v) is 6.99. The number of aryl methyl sites for hydroxylation is 1. The van der Waals surface area contributed by atoms with Crippen molar-refractivity contribution in [3.63, 3.8) is 0 Å². The van der Waals surface area contributed by atoms with Crippen LogP contribution in [0.25, 0.3) is 0 Å². The molecule has 0 atom stereocenters. The molecule has 0 fully saturated rings. The second-order valence-electron chi connectivity index (χ2n) is 6.28. The Morgan fingerprint density at radius 2 is 1.67 bits per heavy atom. The molecule has 3 heteroatoms. The van der Waals surface area contributed by atoms with Crippen LogP contribution in [0.1, 0.15) is 42.3 Å². The summed E-state index contributed by atoms with van der Waals surface area (Å²) >= 11 is 0. The Balaban J connectivity index is 2.17. The molecule has 2 aromatic carbocycles. The number of benzene rings is 2. The summed E-state index contributed by atoms with van der Waals surface area (Å²) in [7, 11) is 0. The lowest BCUT2D eigenvalue weighted by Gasteiger charge is -2.19. The molecule has 0 heterocycles. The van der Waals surface area contributed by atoms with Crippen LogP contribution in [0, 0.1) is 6.92 Å². The van der Waals surface area contributed by atoms with Gasteiger partial charge in [-0.15, -0.1) is 0 Å². The van der Waals surface area contributed by atoms with Gasteiger partial charge in [-0.05, 0) is 53.8 Å². The van der Waals surface area contributed by atoms with Gasteiger partial charge in [-0.2, -0.15) is 0 Å². The molecular weight excluding hydrogens is 262 g/mol. The molecule has 0 aliphatic heterocycles. The number of rotatable bonds is 2. The number of anilines is 1. The monoisotopic (exact) mass is 283 g/mol. The highest BCUT2D eigenvalue weighted by molar-refractivity contribution is 6.04. The van der Waals surface area contributed by atoms with E-state index in [-0.39, 0.29) is 17.1 Å². The third-order valence-corrected chi connectivity index (χ3v) is 3.47. The molecule has 2 rings (SSSR count). The summed E-state index contributed by atoms with van der Waals surface area (Å²) in [6, 6.07) is 12.5. The molecule has 0 aliphatic rings. The molecule has 2 N–H and O–H groups in total. The molecule has 0 saturated carbocycles. The fourth-order valence-electron chi connectivity index (χ4n) is 2.10. The summed E-state index contributed by atoms with van der Waals surface area (Å²) in [4.78, 5) is 12.2. The summed E-state index contributed by atoms with van der Waals surface area (Å²) < 4.78 is 0. The minimum Gasteiger partial charge on any atom is -0.508 e. The van der Waals surface area contributed by atoms with Gasteiger partial charge in [0.05, 0.1) is 0 Å². The normalized spacial score (nSPS) is 11.2. The smallest absolute Gasteiger partial charge is 0.255 e. The van der Waals surface area contributed by atoms with Gasteiger partial charge in [-0.3, -0.25) is 4.79 Å². The van der Waals surface area contributed by atoms with Crippen LogP contribution in [-0.4, -0.2) is 11.0 Å². The number of phenolic OH excluding ortho intramolecular Hbond substituents is 1. The van der Waals surface area contributed by atoms with Crippen molar-refractivity contribution >= 4 is 11.6 Å². The third-order valence-electron chi connectivity index (χ3n) is 3.47.